The average molecular weight is 234 g/mol. The van der Waals surface area contributed by atoms with E-state index in [0.29, 0.717) is 12.5 Å². The van der Waals surface area contributed by atoms with Crippen LogP contribution in [0.25, 0.3) is 0 Å². The van der Waals surface area contributed by atoms with Gasteiger partial charge in [0.1, 0.15) is 0 Å². The zero-order valence-electron chi connectivity index (χ0n) is 11.6. The quantitative estimate of drug-likeness (QED) is 0.820. The number of nitrogens with two attached hydrogens (primary N) is 1. The topological polar surface area (TPSA) is 29.3 Å². The SMILES string of the molecule is CCN(Cc1ccccc1)C(C)(CN)C(C)C. The van der Waals surface area contributed by atoms with Crippen molar-refractivity contribution >= 4 is 0 Å². The van der Waals surface area contributed by atoms with Crippen molar-refractivity contribution in [3.05, 3.63) is 35.9 Å². The fourth-order valence-electron chi connectivity index (χ4n) is 2.19. The van der Waals surface area contributed by atoms with Crippen LogP contribution >= 0.6 is 0 Å². The van der Waals surface area contributed by atoms with Gasteiger partial charge < -0.3 is 5.73 Å². The molecule has 0 saturated heterocycles. The Bertz CT molecular complexity index is 321. The maximum atomic E-state index is 6.00. The summed E-state index contributed by atoms with van der Waals surface area (Å²) in [5, 5.41) is 0. The van der Waals surface area contributed by atoms with Gasteiger partial charge in [-0.2, -0.15) is 0 Å². The largest absolute Gasteiger partial charge is 0.329 e. The van der Waals surface area contributed by atoms with E-state index in [-0.39, 0.29) is 5.54 Å². The molecule has 1 unspecified atom stereocenters. The second kappa shape index (κ2) is 6.18. The summed E-state index contributed by atoms with van der Waals surface area (Å²) >= 11 is 0. The lowest BCUT2D eigenvalue weighted by atomic mass is 9.86. The Morgan fingerprint density at radius 1 is 1.24 bits per heavy atom. The molecule has 0 aliphatic carbocycles. The van der Waals surface area contributed by atoms with E-state index in [1.807, 2.05) is 0 Å². The van der Waals surface area contributed by atoms with Crippen molar-refractivity contribution in [2.75, 3.05) is 13.1 Å². The molecule has 2 nitrogen and oxygen atoms in total. The fraction of sp³-hybridized carbons (Fsp3) is 0.600. The highest BCUT2D eigenvalue weighted by atomic mass is 15.2. The normalized spacial score (nSPS) is 15.2. The average Bonchev–Trinajstić information content (AvgIpc) is 2.36. The highest BCUT2D eigenvalue weighted by Gasteiger charge is 2.32. The lowest BCUT2D eigenvalue weighted by molar-refractivity contribution is 0.0649. The minimum absolute atomic E-state index is 0.0740. The van der Waals surface area contributed by atoms with Crippen molar-refractivity contribution in [2.45, 2.75) is 39.8 Å². The third kappa shape index (κ3) is 3.30. The number of rotatable bonds is 6. The van der Waals surface area contributed by atoms with Gasteiger partial charge in [0, 0.05) is 18.6 Å². The molecule has 2 N–H and O–H groups in total. The molecule has 0 aliphatic heterocycles. The molecular weight excluding hydrogens is 208 g/mol. The molecule has 1 aromatic rings. The maximum absolute atomic E-state index is 6.00. The molecule has 0 saturated carbocycles. The number of hydrogen-bond donors (Lipinski definition) is 1. The van der Waals surface area contributed by atoms with Crippen LogP contribution in [-0.4, -0.2) is 23.5 Å². The number of nitrogens with zero attached hydrogens (tertiary/aromatic N) is 1. The van der Waals surface area contributed by atoms with Crippen LogP contribution in [0.2, 0.25) is 0 Å². The van der Waals surface area contributed by atoms with Crippen LogP contribution in [0.4, 0.5) is 0 Å². The van der Waals surface area contributed by atoms with E-state index in [1.165, 1.54) is 5.56 Å². The molecule has 0 spiro atoms. The van der Waals surface area contributed by atoms with Crippen molar-refractivity contribution < 1.29 is 0 Å². The van der Waals surface area contributed by atoms with E-state index in [4.69, 9.17) is 5.73 Å². The van der Waals surface area contributed by atoms with Crippen LogP contribution in [0.15, 0.2) is 30.3 Å². The lowest BCUT2D eigenvalue weighted by Crippen LogP contribution is -2.54. The first kappa shape index (κ1) is 14.2. The van der Waals surface area contributed by atoms with Gasteiger partial charge in [-0.15, -0.1) is 0 Å². The van der Waals surface area contributed by atoms with Gasteiger partial charge in [0.15, 0.2) is 0 Å². The molecule has 96 valence electrons. The van der Waals surface area contributed by atoms with Gasteiger partial charge in [-0.3, -0.25) is 4.90 Å². The van der Waals surface area contributed by atoms with Gasteiger partial charge in [-0.25, -0.2) is 0 Å². The van der Waals surface area contributed by atoms with Crippen LogP contribution in [0.1, 0.15) is 33.3 Å². The second-order valence-electron chi connectivity index (χ2n) is 5.22. The standard InChI is InChI=1S/C15H26N2/c1-5-17(15(4,12-16)13(2)3)11-14-9-7-6-8-10-14/h6-10,13H,5,11-12,16H2,1-4H3. The van der Waals surface area contributed by atoms with Gasteiger partial charge in [-0.05, 0) is 24.9 Å². The van der Waals surface area contributed by atoms with Crippen molar-refractivity contribution in [3.63, 3.8) is 0 Å². The Kier molecular flexibility index (Phi) is 5.16. The smallest absolute Gasteiger partial charge is 0.0329 e. The summed E-state index contributed by atoms with van der Waals surface area (Å²) < 4.78 is 0. The van der Waals surface area contributed by atoms with Crippen LogP contribution in [0.3, 0.4) is 0 Å². The van der Waals surface area contributed by atoms with Crippen LogP contribution in [0, 0.1) is 5.92 Å². The predicted octanol–water partition coefficient (Wildman–Crippen LogP) is 2.88. The molecule has 1 atom stereocenters. The van der Waals surface area contributed by atoms with Gasteiger partial charge in [-0.1, -0.05) is 51.1 Å². The van der Waals surface area contributed by atoms with Gasteiger partial charge in [0.25, 0.3) is 0 Å². The second-order valence-corrected chi connectivity index (χ2v) is 5.22. The van der Waals surface area contributed by atoms with Gasteiger partial charge in [0.05, 0.1) is 0 Å². The first-order valence-corrected chi connectivity index (χ1v) is 6.53. The number of likely N-dealkylation sites (N-methyl/N-ethyl adjacent to an activating group) is 1. The van der Waals surface area contributed by atoms with Crippen molar-refractivity contribution in [2.24, 2.45) is 11.7 Å². The Morgan fingerprint density at radius 2 is 1.82 bits per heavy atom. The van der Waals surface area contributed by atoms with Crippen molar-refractivity contribution in [3.8, 4) is 0 Å². The lowest BCUT2D eigenvalue weighted by Gasteiger charge is -2.43. The highest BCUT2D eigenvalue weighted by Crippen LogP contribution is 2.25. The monoisotopic (exact) mass is 234 g/mol. The van der Waals surface area contributed by atoms with E-state index < -0.39 is 0 Å². The van der Waals surface area contributed by atoms with E-state index in [0.717, 1.165) is 13.1 Å². The molecule has 2 heteroatoms. The first-order chi connectivity index (χ1) is 8.04. The third-order valence-corrected chi connectivity index (χ3v) is 3.98. The van der Waals surface area contributed by atoms with E-state index >= 15 is 0 Å². The molecule has 0 heterocycles. The van der Waals surface area contributed by atoms with Crippen molar-refractivity contribution in [1.82, 2.24) is 4.90 Å². The van der Waals surface area contributed by atoms with Crippen LogP contribution in [0.5, 0.6) is 0 Å². The summed E-state index contributed by atoms with van der Waals surface area (Å²) in [5.74, 6) is 0.552. The summed E-state index contributed by atoms with van der Waals surface area (Å²) in [6.45, 7) is 11.7. The van der Waals surface area contributed by atoms with E-state index in [9.17, 15) is 0 Å². The molecule has 0 aromatic heterocycles. The van der Waals surface area contributed by atoms with Gasteiger partial charge >= 0.3 is 0 Å². The molecule has 1 aromatic carbocycles. The molecule has 17 heavy (non-hydrogen) atoms. The predicted molar refractivity (Wildman–Crippen MR) is 74.8 cm³/mol. The highest BCUT2D eigenvalue weighted by molar-refractivity contribution is 5.15. The molecule has 0 amide bonds. The molecule has 0 aliphatic rings. The molecule has 0 fully saturated rings. The molecule has 0 bridgehead atoms. The Morgan fingerprint density at radius 3 is 2.24 bits per heavy atom. The summed E-state index contributed by atoms with van der Waals surface area (Å²) in [5.41, 5.74) is 7.43. The van der Waals surface area contributed by atoms with E-state index in [2.05, 4.69) is 62.9 Å². The maximum Gasteiger partial charge on any atom is 0.0329 e. The van der Waals surface area contributed by atoms with Crippen LogP contribution in [-0.2, 0) is 6.54 Å². The Hall–Kier alpha value is -0.860. The molecular formula is C15H26N2. The zero-order valence-corrected chi connectivity index (χ0v) is 11.6. The summed E-state index contributed by atoms with van der Waals surface area (Å²) in [6.07, 6.45) is 0. The minimum Gasteiger partial charge on any atom is -0.329 e. The van der Waals surface area contributed by atoms with Crippen LogP contribution < -0.4 is 5.73 Å². The summed E-state index contributed by atoms with van der Waals surface area (Å²) in [4.78, 5) is 2.48. The minimum atomic E-state index is 0.0740. The first-order valence-electron chi connectivity index (χ1n) is 6.53. The van der Waals surface area contributed by atoms with Crippen molar-refractivity contribution in [1.29, 1.82) is 0 Å². The Labute approximate surface area is 106 Å². The summed E-state index contributed by atoms with van der Waals surface area (Å²) in [7, 11) is 0. The number of benzene rings is 1. The zero-order chi connectivity index (χ0) is 12.9. The summed E-state index contributed by atoms with van der Waals surface area (Å²) in [6, 6.07) is 10.6. The molecule has 1 rings (SSSR count). The Balaban J connectivity index is 2.84. The van der Waals surface area contributed by atoms with E-state index in [1.54, 1.807) is 0 Å². The number of hydrogen-bond acceptors (Lipinski definition) is 2. The fourth-order valence-corrected chi connectivity index (χ4v) is 2.19. The third-order valence-electron chi connectivity index (χ3n) is 3.98. The molecule has 0 radical (unpaired) electrons. The van der Waals surface area contributed by atoms with Gasteiger partial charge in [0.2, 0.25) is 0 Å².